The maximum absolute atomic E-state index is 13.7. The van der Waals surface area contributed by atoms with Crippen molar-refractivity contribution in [1.29, 1.82) is 0 Å². The number of anilines is 1. The van der Waals surface area contributed by atoms with Crippen molar-refractivity contribution in [3.8, 4) is 0 Å². The van der Waals surface area contributed by atoms with Gasteiger partial charge in [-0.2, -0.15) is 9.55 Å². The average molecular weight is 777 g/mol. The van der Waals surface area contributed by atoms with Crippen LogP contribution < -0.4 is 15.4 Å². The van der Waals surface area contributed by atoms with Crippen LogP contribution in [-0.2, 0) is 49.8 Å². The first-order valence-corrected chi connectivity index (χ1v) is 20.8. The maximum Gasteiger partial charge on any atom is 0.386 e. The first kappa shape index (κ1) is 34.6. The predicted octanol–water partition coefficient (Wildman–Crippen LogP) is -0.457. The molecule has 0 amide bonds. The Morgan fingerprint density at radius 2 is 1.66 bits per heavy atom. The molecule has 0 aliphatic carbocycles. The third kappa shape index (κ3) is 6.10. The van der Waals surface area contributed by atoms with Crippen molar-refractivity contribution < 1.29 is 56.6 Å². The summed E-state index contributed by atoms with van der Waals surface area (Å²) in [6.45, 7) is -8.79. The molecule has 4 aliphatic rings. The molecule has 0 spiro atoms. The number of fused-ring (bicyclic) bond motifs is 4. The Bertz CT molecular complexity index is 2100. The molecule has 4 aromatic heterocycles. The summed E-state index contributed by atoms with van der Waals surface area (Å²) in [6.07, 6.45) is -4.50. The largest absolute Gasteiger partial charge is 0.395 e. The van der Waals surface area contributed by atoms with Crippen molar-refractivity contribution in [3.63, 3.8) is 0 Å². The van der Waals surface area contributed by atoms with Gasteiger partial charge in [0.05, 0.1) is 39.2 Å². The quantitative estimate of drug-likeness (QED) is 0.0872. The molecule has 50 heavy (non-hydrogen) atoms. The van der Waals surface area contributed by atoms with Crippen molar-refractivity contribution in [2.75, 3.05) is 31.7 Å². The summed E-state index contributed by atoms with van der Waals surface area (Å²) >= 11 is 8.28. The summed E-state index contributed by atoms with van der Waals surface area (Å²) in [5.41, 5.74) is 0.562. The number of nitrogens with zero attached hydrogens (tertiary/aromatic N) is 8. The van der Waals surface area contributed by atoms with Gasteiger partial charge in [0.1, 0.15) is 49.3 Å². The lowest BCUT2D eigenvalue weighted by atomic mass is 10.1. The van der Waals surface area contributed by atoms with Crippen LogP contribution in [0.1, 0.15) is 18.9 Å². The highest BCUT2D eigenvalue weighted by atomic mass is 32.7. The van der Waals surface area contributed by atoms with Crippen molar-refractivity contribution in [1.82, 2.24) is 33.6 Å². The second kappa shape index (κ2) is 13.2. The zero-order chi connectivity index (χ0) is 34.9. The van der Waals surface area contributed by atoms with Gasteiger partial charge in [-0.3, -0.25) is 32.0 Å². The van der Waals surface area contributed by atoms with Gasteiger partial charge < -0.3 is 30.1 Å². The Balaban J connectivity index is 1.10. The fraction of sp³-hybridized carbons (Fsp3) is 0.600. The molecule has 2 unspecified atom stereocenters. The van der Waals surface area contributed by atoms with Gasteiger partial charge in [-0.05, 0) is 0 Å². The summed E-state index contributed by atoms with van der Waals surface area (Å²) in [4.78, 5) is 30.0. The number of aliphatic hydroxyl groups is 3. The van der Waals surface area contributed by atoms with Crippen LogP contribution in [0.2, 0.25) is 0 Å². The van der Waals surface area contributed by atoms with Crippen LogP contribution in [0.5, 0.6) is 0 Å². The van der Waals surface area contributed by atoms with Gasteiger partial charge >= 0.3 is 13.6 Å². The van der Waals surface area contributed by atoms with Crippen LogP contribution >= 0.6 is 38.1 Å². The van der Waals surface area contributed by atoms with Gasteiger partial charge in [-0.15, -0.1) is 0 Å². The number of aliphatic hydroxyl groups excluding tert-OH is 3. The third-order valence-corrected chi connectivity index (χ3v) is 12.1. The summed E-state index contributed by atoms with van der Waals surface area (Å²) in [5, 5.41) is 35.3. The number of aryl methyl sites for hydroxylation is 1. The number of imidazole rings is 2. The van der Waals surface area contributed by atoms with E-state index in [0.29, 0.717) is 30.1 Å². The van der Waals surface area contributed by atoms with Crippen LogP contribution in [0.25, 0.3) is 22.3 Å². The molecule has 0 radical (unpaired) electrons. The Kier molecular flexibility index (Phi) is 9.11. The number of thiol groups is 2. The number of hydrogen-bond acceptors (Lipinski definition) is 17. The van der Waals surface area contributed by atoms with Gasteiger partial charge in [0.25, 0.3) is 11.2 Å². The molecular formula is C25H32N9O12P2S2+. The zero-order valence-electron chi connectivity index (χ0n) is 25.8. The molecule has 0 aromatic carbocycles. The van der Waals surface area contributed by atoms with Gasteiger partial charge in [0.15, 0.2) is 23.2 Å². The van der Waals surface area contributed by atoms with E-state index in [4.69, 9.17) is 27.6 Å². The molecule has 8 rings (SSSR count). The smallest absolute Gasteiger partial charge is 0.386 e. The highest BCUT2D eigenvalue weighted by Gasteiger charge is 2.54. The molecule has 8 heterocycles. The summed E-state index contributed by atoms with van der Waals surface area (Å²) in [6, 6.07) is 0. The Labute approximate surface area is 291 Å². The summed E-state index contributed by atoms with van der Waals surface area (Å²) < 4.78 is 68.2. The van der Waals surface area contributed by atoms with Crippen LogP contribution in [-0.4, -0.2) is 112 Å². The van der Waals surface area contributed by atoms with E-state index in [1.165, 1.54) is 28.1 Å². The molecule has 2 bridgehead atoms. The minimum absolute atomic E-state index is 0.0113. The molecule has 0 saturated carbocycles. The molecule has 21 nitrogen and oxygen atoms in total. The Morgan fingerprint density at radius 1 is 0.920 bits per heavy atom. The number of ether oxygens (including phenoxy) is 2. The standard InChI is InChI=1S/C25H31N9O12P2S2/c35-5-4-31-9-30-21-14(23(31)38)29-10-33(21)25-19-16(36)12(43-25)6-41-47(39,49)45-18-13(7-42-48(40,50)46-19)44-24(17(18)37)34-11-32-3-1-2-26-20-15(32)22(34)28-8-27-20/h8-13,16-19,24-25,35-37H,1-7H2,(H2-,26,27,28,39,40,49,50)/p+1/t12-,13-,16-,17-,18-,19-,24-,25-,47?,48?/m1/s1. The molecule has 3 fully saturated rings. The topological polar surface area (TPSA) is 250 Å². The molecule has 4 aliphatic heterocycles. The predicted molar refractivity (Wildman–Crippen MR) is 174 cm³/mol. The van der Waals surface area contributed by atoms with Crippen LogP contribution in [0.4, 0.5) is 5.82 Å². The minimum Gasteiger partial charge on any atom is -0.395 e. The monoisotopic (exact) mass is 776 g/mol. The second-order valence-corrected chi connectivity index (χ2v) is 17.7. The highest BCUT2D eigenvalue weighted by molar-refractivity contribution is 8.44. The van der Waals surface area contributed by atoms with E-state index in [1.54, 1.807) is 10.9 Å². The zero-order valence-corrected chi connectivity index (χ0v) is 29.3. The van der Waals surface area contributed by atoms with E-state index in [9.17, 15) is 29.2 Å². The number of nitrogens with one attached hydrogen (secondary N) is 1. The van der Waals surface area contributed by atoms with Crippen LogP contribution in [0.15, 0.2) is 30.1 Å². The van der Waals surface area contributed by atoms with Gasteiger partial charge in [-0.1, -0.05) is 24.5 Å². The lowest BCUT2D eigenvalue weighted by molar-refractivity contribution is -0.671. The normalized spacial score (nSPS) is 36.3. The molecule has 270 valence electrons. The molecule has 4 aromatic rings. The summed E-state index contributed by atoms with van der Waals surface area (Å²) in [5.74, 6) is 0.609. The molecule has 10 atom stereocenters. The highest BCUT2D eigenvalue weighted by Crippen LogP contribution is 2.60. The van der Waals surface area contributed by atoms with E-state index in [-0.39, 0.29) is 24.3 Å². The van der Waals surface area contributed by atoms with Crippen LogP contribution in [0, 0.1) is 0 Å². The van der Waals surface area contributed by atoms with E-state index in [0.717, 1.165) is 6.42 Å². The van der Waals surface area contributed by atoms with E-state index in [1.807, 2.05) is 4.57 Å². The lowest BCUT2D eigenvalue weighted by Gasteiger charge is -2.26. The first-order valence-electron chi connectivity index (χ1n) is 15.4. The van der Waals surface area contributed by atoms with E-state index < -0.39 is 81.4 Å². The SMILES string of the molecule is O=c1c2ncn([C@@H]3O[C@@H]4COP(=O)(S)O[C@H]5[C@@H](O)[C@H](n6c[n+]7c8c(ncnc86)NCCC7)O[C@@H]5COP(=O)(S)O[C@@H]3[C@@H]4O)c2ncn1CCO. The Hall–Kier alpha value is -2.50. The number of rotatable bonds is 4. The fourth-order valence-corrected chi connectivity index (χ4v) is 9.49. The average Bonchev–Trinajstić information content (AvgIpc) is 3.78. The van der Waals surface area contributed by atoms with Crippen molar-refractivity contribution in [3.05, 3.63) is 35.7 Å². The first-order chi connectivity index (χ1) is 23.9. The van der Waals surface area contributed by atoms with Crippen molar-refractivity contribution >= 4 is 66.2 Å². The maximum atomic E-state index is 13.7. The lowest BCUT2D eigenvalue weighted by Crippen LogP contribution is -2.36. The summed E-state index contributed by atoms with van der Waals surface area (Å²) in [7, 11) is 0. The number of hydrogen-bond donors (Lipinski definition) is 6. The van der Waals surface area contributed by atoms with Crippen LogP contribution in [0.3, 0.4) is 0 Å². The van der Waals surface area contributed by atoms with E-state index in [2.05, 4.69) is 49.7 Å². The van der Waals surface area contributed by atoms with Gasteiger partial charge in [0, 0.05) is 13.0 Å². The van der Waals surface area contributed by atoms with Gasteiger partial charge in [-0.25, -0.2) is 28.6 Å². The second-order valence-electron chi connectivity index (χ2n) is 12.0. The van der Waals surface area contributed by atoms with Crippen molar-refractivity contribution in [2.45, 2.75) is 68.6 Å². The van der Waals surface area contributed by atoms with E-state index >= 15 is 0 Å². The molecular weight excluding hydrogens is 744 g/mol. The third-order valence-electron chi connectivity index (χ3n) is 8.84. The minimum atomic E-state index is -4.38. The molecule has 4 N–H and O–H groups in total. The Morgan fingerprint density at radius 3 is 2.44 bits per heavy atom. The van der Waals surface area contributed by atoms with Gasteiger partial charge in [0.2, 0.25) is 18.1 Å². The molecule has 3 saturated heterocycles. The van der Waals surface area contributed by atoms with Crippen molar-refractivity contribution in [2.24, 2.45) is 0 Å². The molecule has 25 heteroatoms. The fourth-order valence-electron chi connectivity index (χ4n) is 6.54. The number of aromatic nitrogens is 8.